The Kier molecular flexibility index (Phi) is 5.82. The van der Waals surface area contributed by atoms with Gasteiger partial charge in [-0.3, -0.25) is 4.79 Å². The molecule has 1 fully saturated rings. The van der Waals surface area contributed by atoms with Gasteiger partial charge in [-0.1, -0.05) is 17.7 Å². The minimum atomic E-state index is 0. The third kappa shape index (κ3) is 3.59. The molecule has 3 heterocycles. The van der Waals surface area contributed by atoms with Gasteiger partial charge in [-0.25, -0.2) is 4.68 Å². The third-order valence-corrected chi connectivity index (χ3v) is 6.40. The number of hydrogen-bond acceptors (Lipinski definition) is 4. The van der Waals surface area contributed by atoms with E-state index >= 15 is 0 Å². The predicted molar refractivity (Wildman–Crippen MR) is 114 cm³/mol. The minimum absolute atomic E-state index is 0. The van der Waals surface area contributed by atoms with Crippen LogP contribution in [0.2, 0.25) is 5.02 Å². The Bertz CT molecular complexity index is 983. The number of hydrogen-bond donors (Lipinski definition) is 1. The molecule has 1 aliphatic heterocycles. The molecular formula is C19H22Cl2N4OS. The number of benzene rings is 1. The van der Waals surface area contributed by atoms with Crippen molar-refractivity contribution in [2.24, 2.45) is 11.7 Å². The maximum absolute atomic E-state index is 13.0. The number of likely N-dealkylation sites (tertiary alicyclic amines) is 1. The van der Waals surface area contributed by atoms with Gasteiger partial charge in [0.1, 0.15) is 4.83 Å². The molecule has 2 atom stereocenters. The fourth-order valence-electron chi connectivity index (χ4n) is 3.67. The van der Waals surface area contributed by atoms with Gasteiger partial charge in [-0.2, -0.15) is 5.10 Å². The van der Waals surface area contributed by atoms with Crippen LogP contribution >= 0.6 is 35.3 Å². The highest BCUT2D eigenvalue weighted by Gasteiger charge is 2.33. The summed E-state index contributed by atoms with van der Waals surface area (Å²) in [4.78, 5) is 16.7. The van der Waals surface area contributed by atoms with Crippen LogP contribution in [0.1, 0.15) is 28.7 Å². The monoisotopic (exact) mass is 424 g/mol. The summed E-state index contributed by atoms with van der Waals surface area (Å²) >= 11 is 7.62. The van der Waals surface area contributed by atoms with Gasteiger partial charge in [0.15, 0.2) is 0 Å². The molecule has 4 rings (SSSR count). The smallest absolute Gasteiger partial charge is 0.264 e. The Hall–Kier alpha value is -1.60. The van der Waals surface area contributed by atoms with Crippen molar-refractivity contribution in [1.29, 1.82) is 0 Å². The highest BCUT2D eigenvalue weighted by molar-refractivity contribution is 7.20. The molecule has 0 radical (unpaired) electrons. The summed E-state index contributed by atoms with van der Waals surface area (Å²) in [6.07, 6.45) is 0.975. The second-order valence-corrected chi connectivity index (χ2v) is 8.42. The van der Waals surface area contributed by atoms with Crippen molar-refractivity contribution in [2.75, 3.05) is 13.1 Å². The number of thiophene rings is 1. The molecule has 3 aromatic rings. The van der Waals surface area contributed by atoms with Gasteiger partial charge in [0.2, 0.25) is 0 Å². The molecule has 0 saturated carbocycles. The molecule has 8 heteroatoms. The van der Waals surface area contributed by atoms with Gasteiger partial charge >= 0.3 is 0 Å². The first-order chi connectivity index (χ1) is 12.5. The van der Waals surface area contributed by atoms with Crippen LogP contribution < -0.4 is 5.73 Å². The number of aromatic nitrogens is 2. The van der Waals surface area contributed by atoms with Crippen molar-refractivity contribution < 1.29 is 4.79 Å². The number of rotatable bonds is 3. The van der Waals surface area contributed by atoms with Gasteiger partial charge in [-0.05, 0) is 57.0 Å². The zero-order valence-electron chi connectivity index (χ0n) is 15.2. The minimum Gasteiger partial charge on any atom is -0.335 e. The standard InChI is InChI=1S/C19H21ClN4OS.ClH/c1-11-6-13(9-21)10-23(11)18(25)17-8-16-12(2)22-24(19(16)26-17)15-5-3-4-14(20)7-15;/h3-5,7-8,11,13H,6,9-10,21H2,1-2H3;1H. The average Bonchev–Trinajstić information content (AvgIpc) is 3.29. The number of nitrogens with two attached hydrogens (primary N) is 1. The molecule has 144 valence electrons. The quantitative estimate of drug-likeness (QED) is 0.681. The molecule has 5 nitrogen and oxygen atoms in total. The van der Waals surface area contributed by atoms with Gasteiger partial charge < -0.3 is 10.6 Å². The Balaban J connectivity index is 0.00000210. The molecule has 27 heavy (non-hydrogen) atoms. The van der Waals surface area contributed by atoms with E-state index in [0.717, 1.165) is 39.4 Å². The normalized spacial score (nSPS) is 19.5. The molecule has 0 spiro atoms. The molecule has 1 aromatic carbocycles. The fraction of sp³-hybridized carbons (Fsp3) is 0.368. The lowest BCUT2D eigenvalue weighted by molar-refractivity contribution is 0.0748. The second-order valence-electron chi connectivity index (χ2n) is 6.95. The maximum atomic E-state index is 13.0. The number of nitrogens with zero attached hydrogens (tertiary/aromatic N) is 3. The van der Waals surface area contributed by atoms with Crippen LogP contribution in [0.5, 0.6) is 0 Å². The van der Waals surface area contributed by atoms with Crippen LogP contribution in [0.15, 0.2) is 30.3 Å². The van der Waals surface area contributed by atoms with Crippen LogP contribution in [-0.2, 0) is 0 Å². The SMILES string of the molecule is Cc1nn(-c2cccc(Cl)c2)c2sc(C(=O)N3CC(CN)CC3C)cc12.Cl. The molecule has 1 amide bonds. The lowest BCUT2D eigenvalue weighted by Crippen LogP contribution is -2.33. The van der Waals surface area contributed by atoms with Crippen LogP contribution in [0.3, 0.4) is 0 Å². The van der Waals surface area contributed by atoms with E-state index in [1.165, 1.54) is 11.3 Å². The first kappa shape index (κ1) is 20.1. The summed E-state index contributed by atoms with van der Waals surface area (Å²) in [7, 11) is 0. The molecule has 2 aromatic heterocycles. The van der Waals surface area contributed by atoms with E-state index in [0.29, 0.717) is 17.5 Å². The summed E-state index contributed by atoms with van der Waals surface area (Å²) in [5.74, 6) is 0.485. The van der Waals surface area contributed by atoms with E-state index in [1.54, 1.807) is 0 Å². The van der Waals surface area contributed by atoms with E-state index in [9.17, 15) is 4.79 Å². The largest absolute Gasteiger partial charge is 0.335 e. The number of fused-ring (bicyclic) bond motifs is 1. The molecule has 0 aliphatic carbocycles. The number of amides is 1. The van der Waals surface area contributed by atoms with Gasteiger partial charge in [-0.15, -0.1) is 23.7 Å². The number of aryl methyl sites for hydroxylation is 1. The van der Waals surface area contributed by atoms with Gasteiger partial charge in [0.25, 0.3) is 5.91 Å². The Morgan fingerprint density at radius 2 is 2.19 bits per heavy atom. The van der Waals surface area contributed by atoms with E-state index in [4.69, 9.17) is 17.3 Å². The molecule has 2 N–H and O–H groups in total. The summed E-state index contributed by atoms with van der Waals surface area (Å²) in [5.41, 5.74) is 7.60. The topological polar surface area (TPSA) is 64.2 Å². The molecule has 0 bridgehead atoms. The predicted octanol–water partition coefficient (Wildman–Crippen LogP) is 4.28. The van der Waals surface area contributed by atoms with Crippen LogP contribution in [-0.4, -0.2) is 39.7 Å². The Morgan fingerprint density at radius 3 is 2.85 bits per heavy atom. The number of carbonyl (C=O) groups is 1. The Morgan fingerprint density at radius 1 is 1.41 bits per heavy atom. The highest BCUT2D eigenvalue weighted by atomic mass is 35.5. The molecule has 1 aliphatic rings. The van der Waals surface area contributed by atoms with Crippen molar-refractivity contribution >= 4 is 51.5 Å². The van der Waals surface area contributed by atoms with Crippen molar-refractivity contribution in [1.82, 2.24) is 14.7 Å². The highest BCUT2D eigenvalue weighted by Crippen LogP contribution is 2.33. The zero-order valence-corrected chi connectivity index (χ0v) is 17.6. The Labute approximate surface area is 173 Å². The number of halogens is 2. The maximum Gasteiger partial charge on any atom is 0.264 e. The summed E-state index contributed by atoms with van der Waals surface area (Å²) in [5, 5.41) is 6.30. The molecule has 1 saturated heterocycles. The second kappa shape index (κ2) is 7.80. The fourth-order valence-corrected chi connectivity index (χ4v) is 5.00. The molecule has 2 unspecified atom stereocenters. The van der Waals surface area contributed by atoms with E-state index in [1.807, 2.05) is 46.8 Å². The van der Waals surface area contributed by atoms with Crippen molar-refractivity contribution in [3.05, 3.63) is 45.9 Å². The van der Waals surface area contributed by atoms with Crippen LogP contribution in [0.4, 0.5) is 0 Å². The molecular weight excluding hydrogens is 403 g/mol. The van der Waals surface area contributed by atoms with E-state index < -0.39 is 0 Å². The van der Waals surface area contributed by atoms with Gasteiger partial charge in [0.05, 0.1) is 16.3 Å². The zero-order chi connectivity index (χ0) is 18.4. The lowest BCUT2D eigenvalue weighted by atomic mass is 10.1. The average molecular weight is 425 g/mol. The van der Waals surface area contributed by atoms with Crippen molar-refractivity contribution in [3.63, 3.8) is 0 Å². The third-order valence-electron chi connectivity index (χ3n) is 5.06. The summed E-state index contributed by atoms with van der Waals surface area (Å²) in [6, 6.07) is 9.78. The van der Waals surface area contributed by atoms with Crippen LogP contribution in [0.25, 0.3) is 15.9 Å². The van der Waals surface area contributed by atoms with E-state index in [2.05, 4.69) is 12.0 Å². The van der Waals surface area contributed by atoms with Crippen molar-refractivity contribution in [2.45, 2.75) is 26.3 Å². The number of carbonyl (C=O) groups excluding carboxylic acids is 1. The van der Waals surface area contributed by atoms with Gasteiger partial charge in [0, 0.05) is 23.0 Å². The van der Waals surface area contributed by atoms with Crippen molar-refractivity contribution in [3.8, 4) is 5.69 Å². The first-order valence-electron chi connectivity index (χ1n) is 8.74. The summed E-state index contributed by atoms with van der Waals surface area (Å²) in [6.45, 7) is 5.43. The lowest BCUT2D eigenvalue weighted by Gasteiger charge is -2.20. The van der Waals surface area contributed by atoms with E-state index in [-0.39, 0.29) is 24.4 Å². The van der Waals surface area contributed by atoms with Crippen LogP contribution in [0, 0.1) is 12.8 Å². The summed E-state index contributed by atoms with van der Waals surface area (Å²) < 4.78 is 1.87. The first-order valence-corrected chi connectivity index (χ1v) is 9.93.